The van der Waals surface area contributed by atoms with Crippen LogP contribution in [0.1, 0.15) is 89.4 Å². The van der Waals surface area contributed by atoms with Crippen LogP contribution in [0.3, 0.4) is 0 Å². The van der Waals surface area contributed by atoms with Crippen molar-refractivity contribution in [2.75, 3.05) is 26.2 Å². The van der Waals surface area contributed by atoms with Gasteiger partial charge >= 0.3 is 0 Å². The molecule has 0 bridgehead atoms. The molecule has 0 aromatic heterocycles. The van der Waals surface area contributed by atoms with Crippen LogP contribution in [0.2, 0.25) is 0 Å². The molecule has 0 heterocycles. The van der Waals surface area contributed by atoms with Gasteiger partial charge in [0.25, 0.3) is 5.91 Å². The normalized spacial score (nSPS) is 10.9. The summed E-state index contributed by atoms with van der Waals surface area (Å²) in [6, 6.07) is 5.67. The number of amides is 1. The number of carbonyl (C=O) groups is 1. The lowest BCUT2D eigenvalue weighted by Crippen LogP contribution is -2.50. The number of unbranched alkanes of at least 4 members (excludes halogenated alkanes) is 4. The smallest absolute Gasteiger partial charge is 0.274 e. The van der Waals surface area contributed by atoms with Crippen molar-refractivity contribution in [3.63, 3.8) is 0 Å². The molecule has 1 rings (SSSR count). The lowest BCUT2D eigenvalue weighted by Gasteiger charge is -2.39. The van der Waals surface area contributed by atoms with E-state index in [2.05, 4.69) is 27.7 Å². The second-order valence-corrected chi connectivity index (χ2v) is 7.59. The molecule has 0 saturated heterocycles. The van der Waals surface area contributed by atoms with Crippen LogP contribution in [0.4, 0.5) is 0 Å². The average molecular weight is 395 g/mol. The molecule has 0 aliphatic carbocycles. The molecule has 0 fully saturated rings. The highest BCUT2D eigenvalue weighted by atomic mass is 16.5. The molecule has 0 unspecified atom stereocenters. The zero-order valence-corrected chi connectivity index (χ0v) is 18.5. The molecule has 0 spiro atoms. The second kappa shape index (κ2) is 16.4. The van der Waals surface area contributed by atoms with E-state index < -0.39 is 11.7 Å². The van der Waals surface area contributed by atoms with Crippen molar-refractivity contribution < 1.29 is 19.6 Å². The minimum atomic E-state index is -0.782. The van der Waals surface area contributed by atoms with E-state index in [0.29, 0.717) is 0 Å². The molecule has 0 aliphatic rings. The number of quaternary nitrogens is 1. The van der Waals surface area contributed by atoms with Gasteiger partial charge < -0.3 is 9.59 Å². The summed E-state index contributed by atoms with van der Waals surface area (Å²) in [6.07, 6.45) is 11.1. The van der Waals surface area contributed by atoms with Crippen LogP contribution in [-0.2, 0) is 0 Å². The van der Waals surface area contributed by atoms with E-state index in [4.69, 9.17) is 5.21 Å². The molecule has 0 aliphatic heterocycles. The van der Waals surface area contributed by atoms with Crippen molar-refractivity contribution in [1.82, 2.24) is 5.48 Å². The van der Waals surface area contributed by atoms with Crippen LogP contribution in [0, 0.1) is 0 Å². The third kappa shape index (κ3) is 10.7. The molecule has 5 heteroatoms. The molecule has 0 atom stereocenters. The summed E-state index contributed by atoms with van der Waals surface area (Å²) in [5.74, 6) is -1.19. The fourth-order valence-corrected chi connectivity index (χ4v) is 3.36. The number of nitrogens with one attached hydrogen (secondary N) is 1. The van der Waals surface area contributed by atoms with Crippen molar-refractivity contribution in [2.45, 2.75) is 79.1 Å². The number of carbonyl (C=O) groups excluding carboxylic acids is 1. The number of hydroxylamine groups is 1. The highest BCUT2D eigenvalue weighted by molar-refractivity contribution is 5.95. The summed E-state index contributed by atoms with van der Waals surface area (Å²) in [6.45, 7) is 15.0. The largest absolute Gasteiger partial charge is 0.872 e. The maximum atomic E-state index is 10.8. The van der Waals surface area contributed by atoms with E-state index in [1.165, 1.54) is 106 Å². The second-order valence-electron chi connectivity index (χ2n) is 7.59. The van der Waals surface area contributed by atoms with Crippen LogP contribution in [0.5, 0.6) is 5.75 Å². The van der Waals surface area contributed by atoms with Crippen LogP contribution >= 0.6 is 0 Å². The van der Waals surface area contributed by atoms with E-state index in [1.807, 2.05) is 0 Å². The van der Waals surface area contributed by atoms with E-state index >= 15 is 0 Å². The fourth-order valence-electron chi connectivity index (χ4n) is 3.36. The molecule has 1 amide bonds. The van der Waals surface area contributed by atoms with Gasteiger partial charge in [0.2, 0.25) is 0 Å². The van der Waals surface area contributed by atoms with Crippen molar-refractivity contribution in [3.8, 4) is 5.75 Å². The van der Waals surface area contributed by atoms with Crippen molar-refractivity contribution in [2.24, 2.45) is 0 Å². The third-order valence-electron chi connectivity index (χ3n) is 5.18. The maximum absolute atomic E-state index is 10.8. The zero-order chi connectivity index (χ0) is 21.3. The van der Waals surface area contributed by atoms with Gasteiger partial charge in [0.15, 0.2) is 0 Å². The van der Waals surface area contributed by atoms with E-state index in [1.54, 1.807) is 6.07 Å². The molecule has 1 aromatic rings. The minimum Gasteiger partial charge on any atom is -0.872 e. The molecule has 1 aromatic carbocycles. The number of benzene rings is 1. The number of nitrogens with zero attached hydrogens (tertiary/aromatic N) is 1. The predicted octanol–water partition coefficient (Wildman–Crippen LogP) is 4.88. The summed E-state index contributed by atoms with van der Waals surface area (Å²) in [4.78, 5) is 10.7. The number of para-hydroxylation sites is 1. The van der Waals surface area contributed by atoms with Crippen LogP contribution in [-0.4, -0.2) is 41.8 Å². The third-order valence-corrected chi connectivity index (χ3v) is 5.18. The summed E-state index contributed by atoms with van der Waals surface area (Å²) in [5.41, 5.74) is 1.32. The number of hydrogen-bond acceptors (Lipinski definition) is 3. The van der Waals surface area contributed by atoms with E-state index in [9.17, 15) is 9.90 Å². The van der Waals surface area contributed by atoms with E-state index in [-0.39, 0.29) is 5.56 Å². The standard InChI is InChI=1S/C16H36N.C7H7NO3/c1-5-9-13-17(14-10-6-2,15-11-7-3)16-12-8-4;9-6-4-2-1-3-5(6)7(10)8-11/h5-16H2,1-4H3;1-4,9,11H,(H,8,10)/q+1;/p-1. The Hall–Kier alpha value is -1.59. The monoisotopic (exact) mass is 394 g/mol. The number of hydrogen-bond donors (Lipinski definition) is 2. The first kappa shape index (κ1) is 26.4. The Morgan fingerprint density at radius 3 is 1.57 bits per heavy atom. The van der Waals surface area contributed by atoms with Gasteiger partial charge in [-0.2, -0.15) is 0 Å². The van der Waals surface area contributed by atoms with Gasteiger partial charge in [-0.25, -0.2) is 5.48 Å². The van der Waals surface area contributed by atoms with Gasteiger partial charge in [0, 0.05) is 5.56 Å². The van der Waals surface area contributed by atoms with Gasteiger partial charge in [-0.05, 0) is 25.7 Å². The fraction of sp³-hybridized carbons (Fsp3) is 0.696. The summed E-state index contributed by atoms with van der Waals surface area (Å²) < 4.78 is 1.42. The SMILES string of the molecule is CCCC[N+](CCCC)(CCCC)CCCC.O=C(NO)c1ccccc1[O-]. The van der Waals surface area contributed by atoms with Crippen LogP contribution < -0.4 is 10.6 Å². The van der Waals surface area contributed by atoms with Gasteiger partial charge in [0.1, 0.15) is 0 Å². The van der Waals surface area contributed by atoms with Crippen molar-refractivity contribution in [1.29, 1.82) is 0 Å². The Morgan fingerprint density at radius 1 is 0.857 bits per heavy atom. The maximum Gasteiger partial charge on any atom is 0.274 e. The van der Waals surface area contributed by atoms with Crippen molar-refractivity contribution in [3.05, 3.63) is 29.8 Å². The first-order valence-corrected chi connectivity index (χ1v) is 11.1. The first-order valence-electron chi connectivity index (χ1n) is 11.1. The van der Waals surface area contributed by atoms with Gasteiger partial charge in [-0.3, -0.25) is 10.0 Å². The molecule has 0 saturated carbocycles. The average Bonchev–Trinajstić information content (AvgIpc) is 2.73. The Kier molecular flexibility index (Phi) is 15.4. The summed E-state index contributed by atoms with van der Waals surface area (Å²) >= 11 is 0. The molecular formula is C23H42N2O3. The number of rotatable bonds is 13. The first-order chi connectivity index (χ1) is 13.5. The molecule has 2 N–H and O–H groups in total. The Morgan fingerprint density at radius 2 is 1.25 bits per heavy atom. The molecule has 162 valence electrons. The lowest BCUT2D eigenvalue weighted by atomic mass is 10.1. The highest BCUT2D eigenvalue weighted by Crippen LogP contribution is 2.16. The lowest BCUT2D eigenvalue weighted by molar-refractivity contribution is -0.929. The van der Waals surface area contributed by atoms with Crippen LogP contribution in [0.15, 0.2) is 24.3 Å². The van der Waals surface area contributed by atoms with Gasteiger partial charge in [-0.1, -0.05) is 83.4 Å². The highest BCUT2D eigenvalue weighted by Gasteiger charge is 2.24. The molecular weight excluding hydrogens is 352 g/mol. The van der Waals surface area contributed by atoms with E-state index in [0.717, 1.165) is 0 Å². The summed E-state index contributed by atoms with van der Waals surface area (Å²) in [7, 11) is 0. The Labute approximate surface area is 172 Å². The molecule has 28 heavy (non-hydrogen) atoms. The quantitative estimate of drug-likeness (QED) is 0.284. The van der Waals surface area contributed by atoms with Gasteiger partial charge in [-0.15, -0.1) is 0 Å². The van der Waals surface area contributed by atoms with Gasteiger partial charge in [0.05, 0.1) is 26.2 Å². The van der Waals surface area contributed by atoms with Crippen LogP contribution in [0.25, 0.3) is 0 Å². The van der Waals surface area contributed by atoms with Crippen molar-refractivity contribution >= 4 is 5.91 Å². The zero-order valence-electron chi connectivity index (χ0n) is 18.5. The topological polar surface area (TPSA) is 72.4 Å². The Balaban J connectivity index is 0.000000567. The summed E-state index contributed by atoms with van der Waals surface area (Å²) in [5, 5.41) is 19.0. The molecule has 5 nitrogen and oxygen atoms in total. The molecule has 0 radical (unpaired) electrons. The predicted molar refractivity (Wildman–Crippen MR) is 115 cm³/mol. The minimum absolute atomic E-state index is 0.0602. The Bertz CT molecular complexity index is 483.